The van der Waals surface area contributed by atoms with Gasteiger partial charge in [0.2, 0.25) is 8.32 Å². The molecule has 0 amide bonds. The standard InChI is InChI=1S/C48H90O9Si/c1-31(2)41(57-58(42(5,6)7,43(8,9)10)44(11,12)13)32(3)22-23-34-24-35(51-46(16,17)50-34)25-36-26-37(53-47(18,19)52-36)27-38-28-39(55-48(20,21)54-38)29-40-33(4)30-49-45(14,15)56-40/h22-23,31-41H,24-30H2,1-21H3/b23-22+/t32-,33-,34-,35-,36+,37+,38+,39+,40+,41-/m1/s1. The molecule has 0 aliphatic carbocycles. The van der Waals surface area contributed by atoms with Gasteiger partial charge in [-0.2, -0.15) is 0 Å². The Morgan fingerprint density at radius 2 is 0.966 bits per heavy atom. The van der Waals surface area contributed by atoms with Crippen LogP contribution in [-0.4, -0.2) is 86.9 Å². The van der Waals surface area contributed by atoms with E-state index in [1.54, 1.807) is 0 Å². The molecular weight excluding hydrogens is 749 g/mol. The van der Waals surface area contributed by atoms with Crippen LogP contribution in [-0.2, 0) is 42.3 Å². The third kappa shape index (κ3) is 12.8. The molecule has 0 aromatic carbocycles. The Kier molecular flexibility index (Phi) is 15.6. The highest BCUT2D eigenvalue weighted by atomic mass is 28.4. The van der Waals surface area contributed by atoms with Gasteiger partial charge in [-0.15, -0.1) is 0 Å². The molecule has 4 saturated heterocycles. The van der Waals surface area contributed by atoms with E-state index in [1.165, 1.54) is 0 Å². The summed E-state index contributed by atoms with van der Waals surface area (Å²) in [5.41, 5.74) is 0. The van der Waals surface area contributed by atoms with E-state index in [0.717, 1.165) is 38.5 Å². The number of hydrogen-bond acceptors (Lipinski definition) is 9. The lowest BCUT2D eigenvalue weighted by atomic mass is 9.91. The molecule has 10 heteroatoms. The SMILES string of the molecule is CC(C)[C@@H](O[Si](C(C)(C)C)(C(C)(C)C)C(C)(C)C)[C@H](C)/C=C/[C@@H]1C[C@H](C[C@H]2C[C@@H](C[C@H]3C[C@@H](C[C@@H]4OC(C)(C)OC[C@H]4C)OC(C)(C)O3)OC(C)(C)O2)OC(C)(C)O1. The zero-order chi connectivity index (χ0) is 44.1. The molecule has 58 heavy (non-hydrogen) atoms. The summed E-state index contributed by atoms with van der Waals surface area (Å²) in [6.45, 7) is 47.6. The highest BCUT2D eigenvalue weighted by Gasteiger charge is 2.63. The normalized spacial score (nSPS) is 34.6. The maximum atomic E-state index is 7.67. The molecule has 9 nitrogen and oxygen atoms in total. The Morgan fingerprint density at radius 3 is 1.38 bits per heavy atom. The van der Waals surface area contributed by atoms with Gasteiger partial charge in [0.25, 0.3) is 0 Å². The van der Waals surface area contributed by atoms with Crippen molar-refractivity contribution in [3.05, 3.63) is 12.2 Å². The van der Waals surface area contributed by atoms with Crippen molar-refractivity contribution in [3.63, 3.8) is 0 Å². The maximum Gasteiger partial charge on any atom is 0.209 e. The van der Waals surface area contributed by atoms with E-state index in [0.29, 0.717) is 18.4 Å². The second-order valence-corrected chi connectivity index (χ2v) is 29.9. The summed E-state index contributed by atoms with van der Waals surface area (Å²) in [5.74, 6) is -1.86. The first-order valence-corrected chi connectivity index (χ1v) is 24.8. The Hall–Kier alpha value is -0.403. The number of rotatable bonds is 12. The van der Waals surface area contributed by atoms with Crippen LogP contribution in [0.5, 0.6) is 0 Å². The Labute approximate surface area is 357 Å². The molecule has 0 aromatic heterocycles. The van der Waals surface area contributed by atoms with E-state index < -0.39 is 31.5 Å². The van der Waals surface area contributed by atoms with Gasteiger partial charge in [0.1, 0.15) is 0 Å². The molecule has 0 aromatic rings. The van der Waals surface area contributed by atoms with E-state index in [2.05, 4.69) is 102 Å². The van der Waals surface area contributed by atoms with Crippen LogP contribution in [0.3, 0.4) is 0 Å². The van der Waals surface area contributed by atoms with E-state index in [1.807, 2.05) is 55.4 Å². The van der Waals surface area contributed by atoms with Gasteiger partial charge in [-0.3, -0.25) is 0 Å². The first-order valence-electron chi connectivity index (χ1n) is 22.9. The van der Waals surface area contributed by atoms with Crippen molar-refractivity contribution in [1.29, 1.82) is 0 Å². The average molecular weight is 839 g/mol. The molecule has 10 atom stereocenters. The number of ether oxygens (including phenoxy) is 8. The molecule has 0 spiro atoms. The lowest BCUT2D eigenvalue weighted by Gasteiger charge is -2.59. The van der Waals surface area contributed by atoms with Crippen molar-refractivity contribution >= 4 is 8.32 Å². The highest BCUT2D eigenvalue weighted by Crippen LogP contribution is 2.63. The Bertz CT molecular complexity index is 1320. The van der Waals surface area contributed by atoms with Crippen LogP contribution in [0, 0.1) is 17.8 Å². The minimum atomic E-state index is -2.41. The molecule has 340 valence electrons. The van der Waals surface area contributed by atoms with Crippen molar-refractivity contribution in [2.45, 2.75) is 271 Å². The van der Waals surface area contributed by atoms with Crippen molar-refractivity contribution in [2.24, 2.45) is 17.8 Å². The largest absolute Gasteiger partial charge is 0.411 e. The van der Waals surface area contributed by atoms with Crippen LogP contribution in [0.4, 0.5) is 0 Å². The van der Waals surface area contributed by atoms with Crippen LogP contribution < -0.4 is 0 Å². The molecule has 4 heterocycles. The lowest BCUT2D eigenvalue weighted by molar-refractivity contribution is -0.337. The van der Waals surface area contributed by atoms with Crippen molar-refractivity contribution < 1.29 is 42.3 Å². The van der Waals surface area contributed by atoms with Gasteiger partial charge in [0.05, 0.1) is 55.4 Å². The van der Waals surface area contributed by atoms with Crippen LogP contribution in [0.2, 0.25) is 15.1 Å². The molecule has 4 aliphatic rings. The second kappa shape index (κ2) is 18.0. The predicted molar refractivity (Wildman–Crippen MR) is 236 cm³/mol. The zero-order valence-electron chi connectivity index (χ0n) is 41.1. The molecule has 0 N–H and O–H groups in total. The topological polar surface area (TPSA) is 83.1 Å². The zero-order valence-corrected chi connectivity index (χ0v) is 42.1. The van der Waals surface area contributed by atoms with Gasteiger partial charge in [-0.05, 0) is 82.3 Å². The fourth-order valence-electron chi connectivity index (χ4n) is 11.9. The molecule has 4 fully saturated rings. The van der Waals surface area contributed by atoms with Crippen LogP contribution in [0.25, 0.3) is 0 Å². The van der Waals surface area contributed by atoms with Crippen LogP contribution in [0.15, 0.2) is 12.2 Å². The van der Waals surface area contributed by atoms with E-state index >= 15 is 0 Å². The lowest BCUT2D eigenvalue weighted by Crippen LogP contribution is -2.63. The summed E-state index contributed by atoms with van der Waals surface area (Å²) in [7, 11) is -2.41. The summed E-state index contributed by atoms with van der Waals surface area (Å²) in [5, 5.41) is 0.150. The molecule has 0 bridgehead atoms. The Morgan fingerprint density at radius 1 is 0.569 bits per heavy atom. The van der Waals surface area contributed by atoms with Crippen LogP contribution in [0.1, 0.15) is 184 Å². The molecule has 0 radical (unpaired) electrons. The fraction of sp³-hybridized carbons (Fsp3) is 0.958. The molecule has 0 unspecified atom stereocenters. The second-order valence-electron chi connectivity index (χ2n) is 23.8. The van der Waals surface area contributed by atoms with E-state index in [4.69, 9.17) is 42.3 Å². The minimum Gasteiger partial charge on any atom is -0.411 e. The summed E-state index contributed by atoms with van der Waals surface area (Å²) in [4.78, 5) is 0. The van der Waals surface area contributed by atoms with Gasteiger partial charge in [-0.25, -0.2) is 0 Å². The monoisotopic (exact) mass is 839 g/mol. The average Bonchev–Trinajstić information content (AvgIpc) is 2.97. The van der Waals surface area contributed by atoms with Gasteiger partial charge in [0.15, 0.2) is 23.1 Å². The maximum absolute atomic E-state index is 7.67. The molecule has 4 rings (SSSR count). The predicted octanol–water partition coefficient (Wildman–Crippen LogP) is 12.3. The van der Waals surface area contributed by atoms with E-state index in [-0.39, 0.29) is 69.9 Å². The third-order valence-corrected chi connectivity index (χ3v) is 19.8. The Balaban J connectivity index is 1.44. The summed E-state index contributed by atoms with van der Waals surface area (Å²) < 4.78 is 59.3. The quantitative estimate of drug-likeness (QED) is 0.141. The molecular formula is C48H90O9Si. The summed E-state index contributed by atoms with van der Waals surface area (Å²) in [6, 6.07) is 0. The molecule has 0 saturated carbocycles. The van der Waals surface area contributed by atoms with Crippen molar-refractivity contribution in [1.82, 2.24) is 0 Å². The van der Waals surface area contributed by atoms with Gasteiger partial charge >= 0.3 is 0 Å². The first kappa shape index (κ1) is 50.2. The van der Waals surface area contributed by atoms with E-state index in [9.17, 15) is 0 Å². The van der Waals surface area contributed by atoms with Gasteiger partial charge in [-0.1, -0.05) is 102 Å². The first-order chi connectivity index (χ1) is 26.1. The fourth-order valence-corrected chi connectivity index (χ4v) is 20.6. The van der Waals surface area contributed by atoms with Crippen molar-refractivity contribution in [3.8, 4) is 0 Å². The number of hydrogen-bond donors (Lipinski definition) is 0. The summed E-state index contributed by atoms with van der Waals surface area (Å²) in [6.07, 6.45) is 9.33. The third-order valence-electron chi connectivity index (χ3n) is 12.8. The summed E-state index contributed by atoms with van der Waals surface area (Å²) >= 11 is 0. The van der Waals surface area contributed by atoms with Crippen LogP contribution >= 0.6 is 0 Å². The van der Waals surface area contributed by atoms with Gasteiger partial charge < -0.3 is 42.3 Å². The smallest absolute Gasteiger partial charge is 0.209 e. The van der Waals surface area contributed by atoms with Gasteiger partial charge in [0, 0.05) is 44.4 Å². The minimum absolute atomic E-state index is 0.00658. The molecule has 4 aliphatic heterocycles. The van der Waals surface area contributed by atoms with Crippen molar-refractivity contribution in [2.75, 3.05) is 6.61 Å². The highest BCUT2D eigenvalue weighted by molar-refractivity contribution is 6.82.